The number of carbonyl (C=O) groups is 1. The number of carbonyl (C=O) groups excluding carboxylic acids is 1. The molecule has 0 unspecified atom stereocenters. The first-order chi connectivity index (χ1) is 14.5. The van der Waals surface area contributed by atoms with Gasteiger partial charge in [0.2, 0.25) is 0 Å². The first-order valence-corrected chi connectivity index (χ1v) is 10.8. The van der Waals surface area contributed by atoms with Gasteiger partial charge >= 0.3 is 5.97 Å². The van der Waals surface area contributed by atoms with Gasteiger partial charge in [-0.3, -0.25) is 4.79 Å². The topological polar surface area (TPSA) is 76.0 Å². The summed E-state index contributed by atoms with van der Waals surface area (Å²) in [7, 11) is 1.40. The number of esters is 1. The van der Waals surface area contributed by atoms with Crippen molar-refractivity contribution < 1.29 is 24.5 Å². The van der Waals surface area contributed by atoms with Crippen LogP contribution in [0.5, 0.6) is 5.75 Å². The number of fused-ring (bicyclic) bond motifs is 3. The van der Waals surface area contributed by atoms with E-state index in [9.17, 15) is 15.0 Å². The van der Waals surface area contributed by atoms with Crippen molar-refractivity contribution in [1.29, 1.82) is 0 Å². The number of hydrogen-bond acceptors (Lipinski definition) is 5. The Bertz CT molecular complexity index is 834. The van der Waals surface area contributed by atoms with E-state index in [0.29, 0.717) is 25.7 Å². The highest BCUT2D eigenvalue weighted by Crippen LogP contribution is 2.52. The third-order valence-corrected chi connectivity index (χ3v) is 6.26. The van der Waals surface area contributed by atoms with Crippen molar-refractivity contribution in [3.05, 3.63) is 41.5 Å². The predicted octanol–water partition coefficient (Wildman–Crippen LogP) is 3.37. The number of aryl methyl sites for hydroxylation is 1. The lowest BCUT2D eigenvalue weighted by atomic mass is 9.86. The minimum atomic E-state index is -0.594. The van der Waals surface area contributed by atoms with Gasteiger partial charge in [-0.05, 0) is 31.2 Å². The fraction of sp³-hybridized carbons (Fsp3) is 0.560. The molecule has 6 atom stereocenters. The Balaban J connectivity index is 1.73. The van der Waals surface area contributed by atoms with Crippen molar-refractivity contribution in [1.82, 2.24) is 0 Å². The number of benzene rings is 1. The molecule has 5 heteroatoms. The van der Waals surface area contributed by atoms with Gasteiger partial charge < -0.3 is 19.7 Å². The smallest absolute Gasteiger partial charge is 0.305 e. The Morgan fingerprint density at radius 1 is 1.43 bits per heavy atom. The third-order valence-electron chi connectivity index (χ3n) is 6.26. The molecule has 5 nitrogen and oxygen atoms in total. The van der Waals surface area contributed by atoms with Gasteiger partial charge in [0, 0.05) is 36.7 Å². The maximum Gasteiger partial charge on any atom is 0.305 e. The number of aliphatic hydroxyl groups excluding tert-OH is 2. The summed E-state index contributed by atoms with van der Waals surface area (Å²) in [5.74, 6) is 6.58. The normalized spacial score (nSPS) is 26.3. The highest BCUT2D eigenvalue weighted by Gasteiger charge is 2.48. The summed E-state index contributed by atoms with van der Waals surface area (Å²) < 4.78 is 11.0. The number of hydrogen-bond donors (Lipinski definition) is 2. The Kier molecular flexibility index (Phi) is 7.58. The number of methoxy groups -OCH3 is 1. The molecule has 2 N–H and O–H groups in total. The fourth-order valence-electron chi connectivity index (χ4n) is 4.51. The summed E-state index contributed by atoms with van der Waals surface area (Å²) >= 11 is 0. The predicted molar refractivity (Wildman–Crippen MR) is 115 cm³/mol. The molecule has 1 aromatic rings. The van der Waals surface area contributed by atoms with Gasteiger partial charge in [-0.25, -0.2) is 0 Å². The van der Waals surface area contributed by atoms with Crippen LogP contribution in [0.25, 0.3) is 0 Å². The van der Waals surface area contributed by atoms with Crippen LogP contribution >= 0.6 is 0 Å². The first kappa shape index (κ1) is 22.4. The molecule has 0 aromatic heterocycles. The second kappa shape index (κ2) is 10.1. The largest absolute Gasteiger partial charge is 0.489 e. The van der Waals surface area contributed by atoms with Gasteiger partial charge in [0.1, 0.15) is 11.9 Å². The van der Waals surface area contributed by atoms with Crippen LogP contribution < -0.4 is 4.74 Å². The lowest BCUT2D eigenvalue weighted by Gasteiger charge is -2.19. The number of ether oxygens (including phenoxy) is 2. The Hall–Kier alpha value is -2.29. The van der Waals surface area contributed by atoms with Crippen molar-refractivity contribution >= 4 is 5.97 Å². The van der Waals surface area contributed by atoms with Gasteiger partial charge in [-0.1, -0.05) is 37.3 Å². The zero-order chi connectivity index (χ0) is 21.7. The maximum absolute atomic E-state index is 11.4. The standard InChI is InChI=1S/C25H32O5/c1-4-5-8-16(2)20(26)14-13-18-21(27)15-22-24(18)19-11-6-9-17(25(19)30-22)10-7-12-23(28)29-3/h6,9,11,13-14,16,18,20-22,24,26-27H,7-8,10,12,15H2,1-3H3/b14-13+/t16-,18-,20+,21+,22-,24-/m1/s1. The van der Waals surface area contributed by atoms with E-state index in [-0.39, 0.29) is 29.8 Å². The van der Waals surface area contributed by atoms with Crippen molar-refractivity contribution in [3.63, 3.8) is 0 Å². The molecule has 0 spiro atoms. The first-order valence-electron chi connectivity index (χ1n) is 10.8. The van der Waals surface area contributed by atoms with E-state index in [1.54, 1.807) is 13.0 Å². The Morgan fingerprint density at radius 3 is 2.97 bits per heavy atom. The van der Waals surface area contributed by atoms with Crippen LogP contribution in [0.2, 0.25) is 0 Å². The molecule has 0 radical (unpaired) electrons. The minimum absolute atomic E-state index is 0.0385. The van der Waals surface area contributed by atoms with Crippen LogP contribution in [-0.4, -0.2) is 41.6 Å². The van der Waals surface area contributed by atoms with Crippen molar-refractivity contribution in [2.24, 2.45) is 11.8 Å². The average molecular weight is 413 g/mol. The number of rotatable bonds is 8. The number of para-hydroxylation sites is 1. The van der Waals surface area contributed by atoms with E-state index in [4.69, 9.17) is 9.47 Å². The second-order valence-corrected chi connectivity index (χ2v) is 8.31. The van der Waals surface area contributed by atoms with Crippen LogP contribution in [0.4, 0.5) is 0 Å². The van der Waals surface area contributed by atoms with Gasteiger partial charge in [0.15, 0.2) is 0 Å². The van der Waals surface area contributed by atoms with Crippen molar-refractivity contribution in [2.45, 2.75) is 70.2 Å². The number of aliphatic hydroxyl groups is 2. The molecule has 0 amide bonds. The van der Waals surface area contributed by atoms with E-state index >= 15 is 0 Å². The van der Waals surface area contributed by atoms with Gasteiger partial charge in [0.05, 0.1) is 19.3 Å². The van der Waals surface area contributed by atoms with E-state index in [2.05, 4.69) is 17.9 Å². The van der Waals surface area contributed by atoms with Crippen LogP contribution in [0.1, 0.15) is 56.6 Å². The molecule has 30 heavy (non-hydrogen) atoms. The summed E-state index contributed by atoms with van der Waals surface area (Å²) in [5.41, 5.74) is 2.20. The zero-order valence-electron chi connectivity index (χ0n) is 18.0. The maximum atomic E-state index is 11.4. The van der Waals surface area contributed by atoms with Crippen molar-refractivity contribution in [3.8, 4) is 17.6 Å². The van der Waals surface area contributed by atoms with Gasteiger partial charge in [0.25, 0.3) is 0 Å². The Labute approximate surface area is 179 Å². The molecule has 0 bridgehead atoms. The molecule has 162 valence electrons. The molecule has 3 rings (SSSR count). The molecule has 1 aliphatic carbocycles. The van der Waals surface area contributed by atoms with Crippen LogP contribution in [0.15, 0.2) is 30.4 Å². The molecule has 1 heterocycles. The monoisotopic (exact) mass is 412 g/mol. The molecule has 1 saturated carbocycles. The van der Waals surface area contributed by atoms with Crippen LogP contribution in [0, 0.1) is 23.7 Å². The zero-order valence-corrected chi connectivity index (χ0v) is 18.0. The van der Waals surface area contributed by atoms with Crippen LogP contribution in [0.3, 0.4) is 0 Å². The summed E-state index contributed by atoms with van der Waals surface area (Å²) in [5, 5.41) is 21.1. The minimum Gasteiger partial charge on any atom is -0.489 e. The van der Waals surface area contributed by atoms with Gasteiger partial charge in [-0.15, -0.1) is 11.8 Å². The molecule has 1 fully saturated rings. The molecule has 1 aliphatic heterocycles. The molecule has 1 aromatic carbocycles. The lowest BCUT2D eigenvalue weighted by molar-refractivity contribution is -0.140. The Morgan fingerprint density at radius 2 is 2.23 bits per heavy atom. The quantitative estimate of drug-likeness (QED) is 0.389. The van der Waals surface area contributed by atoms with Crippen LogP contribution in [-0.2, 0) is 16.0 Å². The SMILES string of the molecule is CC#CC[C@@H](C)[C@@H](O)/C=C/[C@H]1[C@@H]2c3cccc(CCCC(=O)OC)c3O[C@@H]2C[C@@H]1O. The van der Waals surface area contributed by atoms with E-state index in [0.717, 1.165) is 23.3 Å². The molecule has 2 aliphatic rings. The lowest BCUT2D eigenvalue weighted by Crippen LogP contribution is -2.19. The molecular formula is C25H32O5. The summed E-state index contributed by atoms with van der Waals surface area (Å²) in [6.45, 7) is 3.77. The van der Waals surface area contributed by atoms with Gasteiger partial charge in [-0.2, -0.15) is 0 Å². The summed E-state index contributed by atoms with van der Waals surface area (Å²) in [6, 6.07) is 6.13. The third kappa shape index (κ3) is 4.88. The van der Waals surface area contributed by atoms with E-state index in [1.165, 1.54) is 7.11 Å². The van der Waals surface area contributed by atoms with E-state index < -0.39 is 12.2 Å². The highest BCUT2D eigenvalue weighted by molar-refractivity contribution is 5.69. The molecular weight excluding hydrogens is 380 g/mol. The van der Waals surface area contributed by atoms with E-state index in [1.807, 2.05) is 25.1 Å². The summed E-state index contributed by atoms with van der Waals surface area (Å²) in [6.07, 6.45) is 5.66. The average Bonchev–Trinajstić information content (AvgIpc) is 3.25. The molecule has 0 saturated heterocycles. The second-order valence-electron chi connectivity index (χ2n) is 8.31. The van der Waals surface area contributed by atoms with Crippen molar-refractivity contribution in [2.75, 3.05) is 7.11 Å². The fourth-order valence-corrected chi connectivity index (χ4v) is 4.51. The summed E-state index contributed by atoms with van der Waals surface area (Å²) in [4.78, 5) is 11.4. The highest BCUT2D eigenvalue weighted by atomic mass is 16.5.